The lowest BCUT2D eigenvalue weighted by Crippen LogP contribution is -2.36. The Bertz CT molecular complexity index is 2340. The summed E-state index contributed by atoms with van der Waals surface area (Å²) in [5.41, 5.74) is -2.98. The number of amides is 1. The number of nitrogens with one attached hydrogen (secondary N) is 2. The van der Waals surface area contributed by atoms with Crippen LogP contribution in [0.25, 0.3) is 10.8 Å². The van der Waals surface area contributed by atoms with E-state index < -0.39 is 85.3 Å². The molecule has 2 aromatic heterocycles. The van der Waals surface area contributed by atoms with E-state index in [1.54, 1.807) is 0 Å². The maximum absolute atomic E-state index is 14.1. The lowest BCUT2D eigenvalue weighted by molar-refractivity contribution is 0.0790. The van der Waals surface area contributed by atoms with E-state index in [0.717, 1.165) is 19.4 Å². The number of methoxy groups -OCH3 is 1. The zero-order valence-electron chi connectivity index (χ0n) is 23.9. The maximum atomic E-state index is 14.1. The van der Waals surface area contributed by atoms with Crippen molar-refractivity contribution in [2.24, 2.45) is 5.10 Å². The van der Waals surface area contributed by atoms with Crippen molar-refractivity contribution in [2.45, 2.75) is 18.3 Å². The van der Waals surface area contributed by atoms with Gasteiger partial charge in [-0.3, -0.25) is 33.8 Å². The number of fused-ring (bicyclic) bond motifs is 5. The van der Waals surface area contributed by atoms with Crippen molar-refractivity contribution >= 4 is 57.6 Å². The number of rotatable bonds is 4. The first-order valence-corrected chi connectivity index (χ1v) is 14.2. The van der Waals surface area contributed by atoms with Crippen LogP contribution in [0.4, 0.5) is 0 Å². The monoisotopic (exact) mass is 654 g/mol. The van der Waals surface area contributed by atoms with Gasteiger partial charge < -0.3 is 25.0 Å². The zero-order valence-corrected chi connectivity index (χ0v) is 24.7. The topological polar surface area (TPSA) is 225 Å². The van der Waals surface area contributed by atoms with Crippen LogP contribution in [0.1, 0.15) is 75.0 Å². The average Bonchev–Trinajstić information content (AvgIpc) is 3.53. The molecule has 0 saturated carbocycles. The molecule has 3 aliphatic rings. The number of halogens is 1. The van der Waals surface area contributed by atoms with Crippen molar-refractivity contribution in [1.29, 1.82) is 0 Å². The van der Waals surface area contributed by atoms with E-state index in [2.05, 4.69) is 20.5 Å². The van der Waals surface area contributed by atoms with E-state index in [9.17, 15) is 44.1 Å². The molecule has 15 heteroatoms. The standard InChI is InChI=1S/C32H19ClN4O10/c1-47-17-8-16(38)19-20(24(17)39)26(41)22-21(25(19)40)28(43)32(29(22)44)4-2-11-6-12-7-13(36-31(46)18(12)27(42)23(11)32)9-35-37-30(45)14-3-5-34-10-15(14)33/h3,5-10,40-42H,2,4H2,1H3,(H,36,46)(H,37,45). The van der Waals surface area contributed by atoms with Gasteiger partial charge in [-0.1, -0.05) is 17.7 Å². The fraction of sp³-hybridized carbons (Fsp3) is 0.125. The molecule has 1 atom stereocenters. The second-order valence-electron chi connectivity index (χ2n) is 11.0. The number of aromatic nitrogens is 2. The van der Waals surface area contributed by atoms with Crippen molar-refractivity contribution in [3.63, 3.8) is 0 Å². The number of aromatic hydroxyl groups is 3. The molecule has 1 spiro atoms. The number of carbonyl (C=O) groups is 5. The van der Waals surface area contributed by atoms with Gasteiger partial charge in [0.1, 0.15) is 22.7 Å². The van der Waals surface area contributed by atoms with Crippen molar-refractivity contribution < 1.29 is 44.0 Å². The Hall–Kier alpha value is -6.15. The van der Waals surface area contributed by atoms with Gasteiger partial charge in [0.25, 0.3) is 11.5 Å². The fourth-order valence-corrected chi connectivity index (χ4v) is 6.81. The molecule has 1 unspecified atom stereocenters. The summed E-state index contributed by atoms with van der Waals surface area (Å²) < 4.78 is 4.91. The molecular formula is C32H19ClN4O10. The van der Waals surface area contributed by atoms with Crippen LogP contribution in [0, 0.1) is 0 Å². The molecule has 0 saturated heterocycles. The summed E-state index contributed by atoms with van der Waals surface area (Å²) in [7, 11) is 1.12. The summed E-state index contributed by atoms with van der Waals surface area (Å²) in [5, 5.41) is 37.7. The molecule has 2 heterocycles. The van der Waals surface area contributed by atoms with Crippen LogP contribution in [0.5, 0.6) is 17.2 Å². The van der Waals surface area contributed by atoms with E-state index >= 15 is 0 Å². The van der Waals surface area contributed by atoms with Crippen LogP contribution in [0.2, 0.25) is 5.02 Å². The van der Waals surface area contributed by atoms with E-state index in [4.69, 9.17) is 16.3 Å². The highest BCUT2D eigenvalue weighted by Gasteiger charge is 2.61. The number of carbonyl (C=O) groups excluding carboxylic acids is 5. The number of benzene rings is 2. The number of hydrogen-bond donors (Lipinski definition) is 5. The van der Waals surface area contributed by atoms with Crippen molar-refractivity contribution in [2.75, 3.05) is 7.11 Å². The van der Waals surface area contributed by atoms with Gasteiger partial charge >= 0.3 is 0 Å². The van der Waals surface area contributed by atoms with E-state index in [1.165, 1.54) is 30.6 Å². The quantitative estimate of drug-likeness (QED) is 0.0930. The van der Waals surface area contributed by atoms with Gasteiger partial charge in [0.05, 0.1) is 57.2 Å². The Kier molecular flexibility index (Phi) is 6.40. The van der Waals surface area contributed by atoms with E-state index in [0.29, 0.717) is 5.56 Å². The van der Waals surface area contributed by atoms with E-state index in [1.807, 2.05) is 0 Å². The first kappa shape index (κ1) is 29.6. The molecule has 2 aromatic carbocycles. The molecule has 5 N–H and O–H groups in total. The van der Waals surface area contributed by atoms with Gasteiger partial charge in [-0.25, -0.2) is 5.43 Å². The smallest absolute Gasteiger partial charge is 0.272 e. The molecule has 4 aromatic rings. The number of phenols is 3. The average molecular weight is 655 g/mol. The highest BCUT2D eigenvalue weighted by Crippen LogP contribution is 2.57. The largest absolute Gasteiger partial charge is 0.507 e. The first-order valence-electron chi connectivity index (χ1n) is 13.8. The molecule has 0 aliphatic heterocycles. The number of aromatic amines is 1. The van der Waals surface area contributed by atoms with Crippen LogP contribution in [-0.4, -0.2) is 67.7 Å². The van der Waals surface area contributed by atoms with Crippen molar-refractivity contribution in [3.05, 3.63) is 102 Å². The Morgan fingerprint density at radius 2 is 1.74 bits per heavy atom. The van der Waals surface area contributed by atoms with Crippen molar-refractivity contribution in [1.82, 2.24) is 15.4 Å². The van der Waals surface area contributed by atoms with Gasteiger partial charge in [-0.05, 0) is 35.9 Å². The minimum Gasteiger partial charge on any atom is -0.507 e. The lowest BCUT2D eigenvalue weighted by Gasteiger charge is -2.22. The second-order valence-corrected chi connectivity index (χ2v) is 11.4. The second kappa shape index (κ2) is 10.2. The fourth-order valence-electron chi connectivity index (χ4n) is 6.61. The minimum atomic E-state index is -2.16. The Balaban J connectivity index is 1.31. The van der Waals surface area contributed by atoms with Crippen molar-refractivity contribution in [3.8, 4) is 17.2 Å². The Morgan fingerprint density at radius 3 is 2.43 bits per heavy atom. The molecule has 1 amide bonds. The molecule has 0 bridgehead atoms. The van der Waals surface area contributed by atoms with Crippen LogP contribution in [0.3, 0.4) is 0 Å². The highest BCUT2D eigenvalue weighted by atomic mass is 35.5. The van der Waals surface area contributed by atoms with Gasteiger partial charge in [0.2, 0.25) is 5.78 Å². The number of hydrogen-bond acceptors (Lipinski definition) is 12. The predicted molar refractivity (Wildman–Crippen MR) is 163 cm³/mol. The number of Topliss-reactive ketones (excluding diaryl/α,β-unsaturated/α-hetero) is 3. The normalized spacial score (nSPS) is 18.1. The molecule has 234 valence electrons. The van der Waals surface area contributed by atoms with Gasteiger partial charge in [-0.2, -0.15) is 5.10 Å². The predicted octanol–water partition coefficient (Wildman–Crippen LogP) is 2.63. The van der Waals surface area contributed by atoms with Crippen LogP contribution in [-0.2, 0) is 16.6 Å². The molecule has 47 heavy (non-hydrogen) atoms. The van der Waals surface area contributed by atoms with E-state index in [-0.39, 0.29) is 45.5 Å². The third-order valence-electron chi connectivity index (χ3n) is 8.65. The van der Waals surface area contributed by atoms with Gasteiger partial charge in [0.15, 0.2) is 23.1 Å². The molecule has 0 fully saturated rings. The molecule has 14 nitrogen and oxygen atoms in total. The van der Waals surface area contributed by atoms with Gasteiger partial charge in [0, 0.05) is 24.0 Å². The summed E-state index contributed by atoms with van der Waals surface area (Å²) in [6.45, 7) is 0. The summed E-state index contributed by atoms with van der Waals surface area (Å²) in [5.74, 6) is -7.61. The number of aryl methyl sites for hydroxylation is 1. The number of nitrogens with zero attached hydrogens (tertiary/aromatic N) is 2. The number of phenolic OH excluding ortho intramolecular Hbond substituents is 3. The van der Waals surface area contributed by atoms with Gasteiger partial charge in [-0.15, -0.1) is 0 Å². The summed E-state index contributed by atoms with van der Waals surface area (Å²) >= 11 is 5.97. The third-order valence-corrected chi connectivity index (χ3v) is 8.95. The number of allylic oxidation sites excluding steroid dienone is 2. The maximum Gasteiger partial charge on any atom is 0.272 e. The van der Waals surface area contributed by atoms with Crippen LogP contribution < -0.4 is 11.0 Å². The highest BCUT2D eigenvalue weighted by molar-refractivity contribution is 6.39. The minimum absolute atomic E-state index is 0.0672. The summed E-state index contributed by atoms with van der Waals surface area (Å²) in [6.07, 6.45) is 4.48. The number of ketones is 4. The number of ether oxygens (including phenoxy) is 1. The zero-order chi connectivity index (χ0) is 33.5. The van der Waals surface area contributed by atoms with Crippen LogP contribution in [0.15, 0.2) is 52.3 Å². The number of hydrazone groups is 1. The molecule has 0 radical (unpaired) electrons. The number of pyridine rings is 2. The molecular weight excluding hydrogens is 636 g/mol. The summed E-state index contributed by atoms with van der Waals surface area (Å²) in [6, 6.07) is 4.36. The first-order chi connectivity index (χ1) is 22.4. The number of H-pyrrole nitrogens is 1. The molecule has 3 aliphatic carbocycles. The molecule has 7 rings (SSSR count). The Labute approximate surface area is 267 Å². The Morgan fingerprint density at radius 1 is 1.04 bits per heavy atom. The van der Waals surface area contributed by atoms with Crippen LogP contribution >= 0.6 is 11.6 Å². The third kappa shape index (κ3) is 3.91. The SMILES string of the molecule is COC1=CC(=O)c2c(O)c3c(c(O)c2C1=O)C(=O)C1(CCc2cc4cc(C=NNC(=O)c5ccncc5Cl)[nH]c(=O)c4c(O)c21)C3=O. The lowest BCUT2D eigenvalue weighted by atomic mass is 9.76. The summed E-state index contributed by atoms with van der Waals surface area (Å²) in [4.78, 5) is 86.0.